The second-order valence-electron chi connectivity index (χ2n) is 4.98. The number of ether oxygens (including phenoxy) is 1. The van der Waals surface area contributed by atoms with Crippen molar-refractivity contribution in [1.82, 2.24) is 0 Å². The lowest BCUT2D eigenvalue weighted by molar-refractivity contribution is -0.116. The Morgan fingerprint density at radius 3 is 2.81 bits per heavy atom. The molecule has 0 radical (unpaired) electrons. The van der Waals surface area contributed by atoms with Gasteiger partial charge in [0.15, 0.2) is 0 Å². The summed E-state index contributed by atoms with van der Waals surface area (Å²) in [6.07, 6.45) is 0.927. The van der Waals surface area contributed by atoms with Crippen LogP contribution >= 0.6 is 0 Å². The van der Waals surface area contributed by atoms with E-state index in [1.165, 1.54) is 5.56 Å². The molecule has 2 aromatic rings. The summed E-state index contributed by atoms with van der Waals surface area (Å²) in [5.74, 6) is 0.818. The molecule has 0 unspecified atom stereocenters. The maximum Gasteiger partial charge on any atom is 0.246 e. The van der Waals surface area contributed by atoms with E-state index in [1.54, 1.807) is 7.11 Å². The SMILES string of the molecule is COc1ccccc1NCC(=O)N1CCc2ccccc21. The van der Waals surface area contributed by atoms with Crippen LogP contribution in [0.2, 0.25) is 0 Å². The van der Waals surface area contributed by atoms with Gasteiger partial charge in [0.05, 0.1) is 19.3 Å². The number of fused-ring (bicyclic) bond motifs is 1. The number of nitrogens with one attached hydrogen (secondary N) is 1. The van der Waals surface area contributed by atoms with E-state index in [1.807, 2.05) is 47.4 Å². The number of anilines is 2. The molecule has 0 spiro atoms. The Labute approximate surface area is 124 Å². The van der Waals surface area contributed by atoms with Gasteiger partial charge in [-0.3, -0.25) is 4.79 Å². The molecule has 0 bridgehead atoms. The normalized spacial score (nSPS) is 12.9. The molecule has 0 aromatic heterocycles. The molecule has 0 aliphatic carbocycles. The Bertz CT molecular complexity index is 655. The predicted molar refractivity (Wildman–Crippen MR) is 84.0 cm³/mol. The second kappa shape index (κ2) is 5.87. The Hall–Kier alpha value is -2.49. The number of methoxy groups -OCH3 is 1. The average molecular weight is 282 g/mol. The first-order chi connectivity index (χ1) is 10.3. The Kier molecular flexibility index (Phi) is 3.77. The molecule has 108 valence electrons. The van der Waals surface area contributed by atoms with Crippen LogP contribution < -0.4 is 15.0 Å². The summed E-state index contributed by atoms with van der Waals surface area (Å²) in [4.78, 5) is 14.2. The van der Waals surface area contributed by atoms with Gasteiger partial charge in [0.1, 0.15) is 5.75 Å². The minimum atomic E-state index is 0.0749. The average Bonchev–Trinajstić information content (AvgIpc) is 2.97. The fourth-order valence-electron chi connectivity index (χ4n) is 2.65. The van der Waals surface area contributed by atoms with Crippen LogP contribution in [-0.2, 0) is 11.2 Å². The highest BCUT2D eigenvalue weighted by atomic mass is 16.5. The third-order valence-electron chi connectivity index (χ3n) is 3.73. The molecule has 0 saturated carbocycles. The number of para-hydroxylation sites is 3. The van der Waals surface area contributed by atoms with E-state index in [0.717, 1.165) is 30.1 Å². The van der Waals surface area contributed by atoms with Crippen LogP contribution in [0.5, 0.6) is 5.75 Å². The van der Waals surface area contributed by atoms with Crippen LogP contribution in [0.15, 0.2) is 48.5 Å². The van der Waals surface area contributed by atoms with Crippen molar-refractivity contribution < 1.29 is 9.53 Å². The van der Waals surface area contributed by atoms with Crippen molar-refractivity contribution in [3.8, 4) is 5.75 Å². The van der Waals surface area contributed by atoms with Crippen LogP contribution in [0, 0.1) is 0 Å². The van der Waals surface area contributed by atoms with Crippen LogP contribution in [0.25, 0.3) is 0 Å². The van der Waals surface area contributed by atoms with Crippen molar-refractivity contribution in [2.75, 3.05) is 30.4 Å². The van der Waals surface area contributed by atoms with E-state index >= 15 is 0 Å². The van der Waals surface area contributed by atoms with E-state index in [4.69, 9.17) is 4.74 Å². The summed E-state index contributed by atoms with van der Waals surface area (Å²) in [5.41, 5.74) is 3.10. The van der Waals surface area contributed by atoms with Crippen molar-refractivity contribution in [3.63, 3.8) is 0 Å². The minimum absolute atomic E-state index is 0.0749. The molecule has 1 aliphatic heterocycles. The molecular weight excluding hydrogens is 264 g/mol. The van der Waals surface area contributed by atoms with Gasteiger partial charge in [-0.25, -0.2) is 0 Å². The summed E-state index contributed by atoms with van der Waals surface area (Å²) in [7, 11) is 1.62. The molecule has 1 N–H and O–H groups in total. The summed E-state index contributed by atoms with van der Waals surface area (Å²) in [6, 6.07) is 15.7. The topological polar surface area (TPSA) is 41.6 Å². The summed E-state index contributed by atoms with van der Waals surface area (Å²) in [5, 5.41) is 3.16. The quantitative estimate of drug-likeness (QED) is 0.937. The number of carbonyl (C=O) groups excluding carboxylic acids is 1. The van der Waals surface area contributed by atoms with Gasteiger partial charge in [0.2, 0.25) is 5.91 Å². The number of nitrogens with zero attached hydrogens (tertiary/aromatic N) is 1. The molecule has 0 fully saturated rings. The molecule has 21 heavy (non-hydrogen) atoms. The number of carbonyl (C=O) groups is 1. The van der Waals surface area contributed by atoms with E-state index in [0.29, 0.717) is 0 Å². The number of hydrogen-bond donors (Lipinski definition) is 1. The molecule has 0 atom stereocenters. The fraction of sp³-hybridized carbons (Fsp3) is 0.235. The Balaban J connectivity index is 1.68. The van der Waals surface area contributed by atoms with Gasteiger partial charge in [-0.2, -0.15) is 0 Å². The minimum Gasteiger partial charge on any atom is -0.495 e. The molecular formula is C17H18N2O2. The summed E-state index contributed by atoms with van der Waals surface area (Å²) >= 11 is 0. The van der Waals surface area contributed by atoms with Crippen LogP contribution in [0.1, 0.15) is 5.56 Å². The third kappa shape index (κ3) is 2.70. The molecule has 0 saturated heterocycles. The standard InChI is InChI=1S/C17H18N2O2/c1-21-16-9-5-3-7-14(16)18-12-17(20)19-11-10-13-6-2-4-8-15(13)19/h2-9,18H,10-12H2,1H3. The van der Waals surface area contributed by atoms with Crippen molar-refractivity contribution in [1.29, 1.82) is 0 Å². The van der Waals surface area contributed by atoms with Gasteiger partial charge in [0, 0.05) is 12.2 Å². The molecule has 4 heteroatoms. The van der Waals surface area contributed by atoms with Gasteiger partial charge in [-0.05, 0) is 30.2 Å². The van der Waals surface area contributed by atoms with Gasteiger partial charge >= 0.3 is 0 Å². The molecule has 1 aliphatic rings. The van der Waals surface area contributed by atoms with Gasteiger partial charge in [0.25, 0.3) is 0 Å². The zero-order valence-corrected chi connectivity index (χ0v) is 12.0. The molecule has 4 nitrogen and oxygen atoms in total. The Morgan fingerprint density at radius 2 is 1.95 bits per heavy atom. The first-order valence-electron chi connectivity index (χ1n) is 7.05. The maximum absolute atomic E-state index is 12.4. The third-order valence-corrected chi connectivity index (χ3v) is 3.73. The van der Waals surface area contributed by atoms with E-state index in [-0.39, 0.29) is 12.5 Å². The number of hydrogen-bond acceptors (Lipinski definition) is 3. The zero-order valence-electron chi connectivity index (χ0n) is 12.0. The van der Waals surface area contributed by atoms with E-state index in [2.05, 4.69) is 11.4 Å². The number of amides is 1. The van der Waals surface area contributed by atoms with Gasteiger partial charge in [-0.1, -0.05) is 30.3 Å². The summed E-state index contributed by atoms with van der Waals surface area (Å²) < 4.78 is 5.27. The van der Waals surface area contributed by atoms with Gasteiger partial charge in [-0.15, -0.1) is 0 Å². The van der Waals surface area contributed by atoms with Crippen molar-refractivity contribution >= 4 is 17.3 Å². The fourth-order valence-corrected chi connectivity index (χ4v) is 2.65. The molecule has 3 rings (SSSR count). The smallest absolute Gasteiger partial charge is 0.246 e. The predicted octanol–water partition coefficient (Wildman–Crippen LogP) is 2.70. The van der Waals surface area contributed by atoms with Crippen molar-refractivity contribution in [2.45, 2.75) is 6.42 Å². The first-order valence-corrected chi connectivity index (χ1v) is 7.05. The second-order valence-corrected chi connectivity index (χ2v) is 4.98. The first kappa shape index (κ1) is 13.5. The summed E-state index contributed by atoms with van der Waals surface area (Å²) in [6.45, 7) is 1.01. The lowest BCUT2D eigenvalue weighted by Gasteiger charge is -2.18. The lowest BCUT2D eigenvalue weighted by Crippen LogP contribution is -2.34. The van der Waals surface area contributed by atoms with Crippen LogP contribution in [-0.4, -0.2) is 26.1 Å². The molecule has 1 heterocycles. The van der Waals surface area contributed by atoms with Crippen LogP contribution in [0.4, 0.5) is 11.4 Å². The Morgan fingerprint density at radius 1 is 1.19 bits per heavy atom. The molecule has 2 aromatic carbocycles. The number of rotatable bonds is 4. The van der Waals surface area contributed by atoms with Crippen LogP contribution in [0.3, 0.4) is 0 Å². The largest absolute Gasteiger partial charge is 0.495 e. The van der Waals surface area contributed by atoms with Crippen molar-refractivity contribution in [2.24, 2.45) is 0 Å². The van der Waals surface area contributed by atoms with E-state index < -0.39 is 0 Å². The van der Waals surface area contributed by atoms with E-state index in [9.17, 15) is 4.79 Å². The van der Waals surface area contributed by atoms with Crippen molar-refractivity contribution in [3.05, 3.63) is 54.1 Å². The highest BCUT2D eigenvalue weighted by molar-refractivity contribution is 5.98. The van der Waals surface area contributed by atoms with Gasteiger partial charge < -0.3 is 15.0 Å². The maximum atomic E-state index is 12.4. The lowest BCUT2D eigenvalue weighted by atomic mass is 10.2. The molecule has 1 amide bonds. The monoisotopic (exact) mass is 282 g/mol. The highest BCUT2D eigenvalue weighted by Crippen LogP contribution is 2.28. The number of benzene rings is 2. The highest BCUT2D eigenvalue weighted by Gasteiger charge is 2.23. The zero-order chi connectivity index (χ0) is 14.7.